The molecule has 0 radical (unpaired) electrons. The van der Waals surface area contributed by atoms with Gasteiger partial charge >= 0.3 is 0 Å². The minimum absolute atomic E-state index is 0.505. The molecular weight excluding hydrogens is 454 g/mol. The number of anilines is 3. The zero-order valence-corrected chi connectivity index (χ0v) is 21.6. The van der Waals surface area contributed by atoms with Crippen molar-refractivity contribution in [2.45, 2.75) is 32.7 Å². The van der Waals surface area contributed by atoms with Gasteiger partial charge in [-0.1, -0.05) is 0 Å². The molecule has 0 unspecified atom stereocenters. The summed E-state index contributed by atoms with van der Waals surface area (Å²) in [6.07, 6.45) is 5.76. The largest absolute Gasteiger partial charge is 0.492 e. The molecule has 0 saturated carbocycles. The van der Waals surface area contributed by atoms with Gasteiger partial charge in [0.15, 0.2) is 11.6 Å². The Balaban J connectivity index is 1.46. The fourth-order valence-corrected chi connectivity index (χ4v) is 4.73. The van der Waals surface area contributed by atoms with Crippen molar-refractivity contribution in [2.75, 3.05) is 44.0 Å². The van der Waals surface area contributed by atoms with Crippen molar-refractivity contribution in [3.8, 4) is 17.1 Å². The van der Waals surface area contributed by atoms with Crippen LogP contribution in [-0.4, -0.2) is 74.4 Å². The lowest BCUT2D eigenvalue weighted by Crippen LogP contribution is -2.42. The molecule has 3 aromatic heterocycles. The van der Waals surface area contributed by atoms with Gasteiger partial charge in [0.2, 0.25) is 5.95 Å². The number of aromatic nitrogens is 6. The summed E-state index contributed by atoms with van der Waals surface area (Å²) < 4.78 is 7.82. The second-order valence-corrected chi connectivity index (χ2v) is 9.43. The molecule has 4 aromatic rings. The third-order valence-corrected chi connectivity index (χ3v) is 6.67. The fourth-order valence-electron chi connectivity index (χ4n) is 4.73. The van der Waals surface area contributed by atoms with Crippen molar-refractivity contribution in [2.24, 2.45) is 7.05 Å². The van der Waals surface area contributed by atoms with E-state index in [1.165, 1.54) is 0 Å². The lowest BCUT2D eigenvalue weighted by molar-refractivity contribution is 0.249. The van der Waals surface area contributed by atoms with E-state index in [-0.39, 0.29) is 0 Å². The number of hydrogen-bond acceptors (Lipinski definition) is 9. The predicted octanol–water partition coefficient (Wildman–Crippen LogP) is 3.80. The number of nitrogens with one attached hydrogen (secondary N) is 1. The van der Waals surface area contributed by atoms with Gasteiger partial charge in [-0.25, -0.2) is 15.0 Å². The molecule has 0 amide bonds. The second-order valence-electron chi connectivity index (χ2n) is 9.43. The molecular formula is C26H33N9O. The quantitative estimate of drug-likeness (QED) is 0.417. The number of fused-ring (bicyclic) bond motifs is 1. The van der Waals surface area contributed by atoms with E-state index < -0.39 is 0 Å². The number of aryl methyl sites for hydroxylation is 2. The maximum atomic E-state index is 5.94. The molecule has 5 rings (SSSR count). The van der Waals surface area contributed by atoms with Gasteiger partial charge < -0.3 is 24.4 Å². The van der Waals surface area contributed by atoms with E-state index in [0.29, 0.717) is 24.3 Å². The molecule has 0 atom stereocenters. The highest BCUT2D eigenvalue weighted by molar-refractivity contribution is 5.89. The van der Waals surface area contributed by atoms with Crippen LogP contribution in [0, 0.1) is 6.92 Å². The van der Waals surface area contributed by atoms with E-state index >= 15 is 0 Å². The van der Waals surface area contributed by atoms with Gasteiger partial charge in [-0.2, -0.15) is 0 Å². The lowest BCUT2D eigenvalue weighted by atomic mass is 10.0. The average Bonchev–Trinajstić information content (AvgIpc) is 3.30. The van der Waals surface area contributed by atoms with Crippen molar-refractivity contribution < 1.29 is 4.74 Å². The number of rotatable bonds is 7. The maximum Gasteiger partial charge on any atom is 0.227 e. The molecule has 36 heavy (non-hydrogen) atoms. The topological polar surface area (TPSA) is 97.1 Å². The van der Waals surface area contributed by atoms with Gasteiger partial charge in [-0.05, 0) is 65.0 Å². The van der Waals surface area contributed by atoms with Crippen LogP contribution in [0.2, 0.25) is 0 Å². The first-order chi connectivity index (χ1) is 17.4. The predicted molar refractivity (Wildman–Crippen MR) is 142 cm³/mol. The Labute approximate surface area is 211 Å². The number of nitrogens with zero attached hydrogens (tertiary/aromatic N) is 8. The molecule has 1 aliphatic rings. The van der Waals surface area contributed by atoms with Crippen LogP contribution in [0.4, 0.5) is 17.5 Å². The first-order valence-corrected chi connectivity index (χ1v) is 12.4. The van der Waals surface area contributed by atoms with E-state index in [9.17, 15) is 0 Å². The van der Waals surface area contributed by atoms with Crippen molar-refractivity contribution in [3.05, 3.63) is 42.5 Å². The van der Waals surface area contributed by atoms with Crippen molar-refractivity contribution in [1.82, 2.24) is 34.6 Å². The van der Waals surface area contributed by atoms with Gasteiger partial charge in [0.05, 0.1) is 12.3 Å². The Morgan fingerprint density at radius 3 is 2.64 bits per heavy atom. The van der Waals surface area contributed by atoms with E-state index in [0.717, 1.165) is 65.4 Å². The summed E-state index contributed by atoms with van der Waals surface area (Å²) >= 11 is 0. The third kappa shape index (κ3) is 4.81. The fraction of sp³-hybridized carbons (Fsp3) is 0.423. The highest BCUT2D eigenvalue weighted by atomic mass is 16.5. The van der Waals surface area contributed by atoms with Crippen LogP contribution in [0.15, 0.2) is 36.8 Å². The SMILES string of the molecule is CCOc1cc(-c2nncn2C)ccc1Nc1ncc2cc(C)nc(N3CCC(N(C)C)CC3)c2n1. The van der Waals surface area contributed by atoms with Crippen LogP contribution in [0.1, 0.15) is 25.5 Å². The minimum atomic E-state index is 0.505. The Hall–Kier alpha value is -3.79. The Morgan fingerprint density at radius 2 is 1.94 bits per heavy atom. The Morgan fingerprint density at radius 1 is 1.14 bits per heavy atom. The molecule has 0 aliphatic carbocycles. The van der Waals surface area contributed by atoms with Crippen molar-refractivity contribution in [3.63, 3.8) is 0 Å². The van der Waals surface area contributed by atoms with E-state index in [2.05, 4.69) is 44.4 Å². The summed E-state index contributed by atoms with van der Waals surface area (Å²) in [6, 6.07) is 8.55. The molecule has 10 nitrogen and oxygen atoms in total. The van der Waals surface area contributed by atoms with Gasteiger partial charge in [-0.3, -0.25) is 0 Å². The molecule has 0 spiro atoms. The zero-order valence-electron chi connectivity index (χ0n) is 21.6. The number of benzene rings is 1. The molecule has 1 aliphatic heterocycles. The first kappa shape index (κ1) is 23.9. The smallest absolute Gasteiger partial charge is 0.227 e. The van der Waals surface area contributed by atoms with Crippen molar-refractivity contribution >= 4 is 28.4 Å². The molecule has 4 heterocycles. The molecule has 1 fully saturated rings. The number of ether oxygens (including phenoxy) is 1. The molecule has 0 bridgehead atoms. The number of hydrogen-bond donors (Lipinski definition) is 1. The number of pyridine rings is 1. The van der Waals surface area contributed by atoms with Crippen LogP contribution < -0.4 is 15.0 Å². The third-order valence-electron chi connectivity index (χ3n) is 6.67. The van der Waals surface area contributed by atoms with Crippen LogP contribution in [0.3, 0.4) is 0 Å². The van der Waals surface area contributed by atoms with Crippen LogP contribution in [-0.2, 0) is 7.05 Å². The highest BCUT2D eigenvalue weighted by Gasteiger charge is 2.24. The summed E-state index contributed by atoms with van der Waals surface area (Å²) in [5.41, 5.74) is 3.53. The zero-order chi connectivity index (χ0) is 25.2. The average molecular weight is 488 g/mol. The van der Waals surface area contributed by atoms with Crippen LogP contribution >= 0.6 is 0 Å². The second kappa shape index (κ2) is 10.1. The molecule has 1 aromatic carbocycles. The van der Waals surface area contributed by atoms with E-state index in [1.54, 1.807) is 6.33 Å². The lowest BCUT2D eigenvalue weighted by Gasteiger charge is -2.36. The molecule has 188 valence electrons. The van der Waals surface area contributed by atoms with Gasteiger partial charge in [0, 0.05) is 49.0 Å². The molecule has 10 heteroatoms. The van der Waals surface area contributed by atoms with Gasteiger partial charge in [0.25, 0.3) is 0 Å². The summed E-state index contributed by atoms with van der Waals surface area (Å²) in [5.74, 6) is 2.91. The van der Waals surface area contributed by atoms with Crippen LogP contribution in [0.5, 0.6) is 5.75 Å². The van der Waals surface area contributed by atoms with Crippen LogP contribution in [0.25, 0.3) is 22.3 Å². The normalized spacial score (nSPS) is 14.6. The Bertz CT molecular complexity index is 1360. The van der Waals surface area contributed by atoms with E-state index in [1.807, 2.05) is 55.9 Å². The molecule has 1 saturated heterocycles. The highest BCUT2D eigenvalue weighted by Crippen LogP contribution is 2.33. The molecule has 1 N–H and O–H groups in total. The Kier molecular flexibility index (Phi) is 6.69. The summed E-state index contributed by atoms with van der Waals surface area (Å²) in [6.45, 7) is 6.43. The minimum Gasteiger partial charge on any atom is -0.492 e. The van der Waals surface area contributed by atoms with Crippen molar-refractivity contribution in [1.29, 1.82) is 0 Å². The monoisotopic (exact) mass is 487 g/mol. The van der Waals surface area contributed by atoms with E-state index in [4.69, 9.17) is 14.7 Å². The standard InChI is InChI=1S/C26H33N9O/c1-6-36-22-14-18(24-32-28-16-34(24)5)7-8-21(22)30-26-27-15-19-13-17(2)29-25(23(19)31-26)35-11-9-20(10-12-35)33(3)4/h7-8,13-16,20H,6,9-12H2,1-5H3,(H,27,30,31). The maximum absolute atomic E-state index is 5.94. The van der Waals surface area contributed by atoms with Gasteiger partial charge in [0.1, 0.15) is 17.6 Å². The number of piperidine rings is 1. The summed E-state index contributed by atoms with van der Waals surface area (Å²) in [5, 5.41) is 12.5. The summed E-state index contributed by atoms with van der Waals surface area (Å²) in [4.78, 5) is 19.1. The summed E-state index contributed by atoms with van der Waals surface area (Å²) in [7, 11) is 6.23. The first-order valence-electron chi connectivity index (χ1n) is 12.4. The van der Waals surface area contributed by atoms with Gasteiger partial charge in [-0.15, -0.1) is 10.2 Å².